The van der Waals surface area contributed by atoms with Crippen LogP contribution in [0.5, 0.6) is 11.5 Å². The Morgan fingerprint density at radius 3 is 2.62 bits per heavy atom. The lowest BCUT2D eigenvalue weighted by molar-refractivity contribution is 0.475. The molecule has 82 valence electrons. The molecule has 2 aromatic rings. The van der Waals surface area contributed by atoms with Gasteiger partial charge in [-0.15, -0.1) is 0 Å². The summed E-state index contributed by atoms with van der Waals surface area (Å²) in [6.07, 6.45) is 1.54. The van der Waals surface area contributed by atoms with Crippen molar-refractivity contribution >= 4 is 5.82 Å². The van der Waals surface area contributed by atoms with Crippen molar-refractivity contribution in [3.63, 3.8) is 0 Å². The Hall–Kier alpha value is -2.10. The van der Waals surface area contributed by atoms with Gasteiger partial charge in [-0.2, -0.15) is 0 Å². The number of halogens is 1. The fourth-order valence-corrected chi connectivity index (χ4v) is 1.26. The highest BCUT2D eigenvalue weighted by Crippen LogP contribution is 2.23. The largest absolute Gasteiger partial charge is 0.457 e. The van der Waals surface area contributed by atoms with Gasteiger partial charge in [0.2, 0.25) is 0 Å². The Morgan fingerprint density at radius 2 is 1.94 bits per heavy atom. The van der Waals surface area contributed by atoms with Crippen molar-refractivity contribution < 1.29 is 9.13 Å². The van der Waals surface area contributed by atoms with E-state index in [0.717, 1.165) is 0 Å². The predicted octanol–water partition coefficient (Wildman–Crippen LogP) is 2.90. The number of aromatic nitrogens is 1. The maximum atomic E-state index is 13.2. The van der Waals surface area contributed by atoms with E-state index in [-0.39, 0.29) is 5.82 Å². The zero-order valence-electron chi connectivity index (χ0n) is 8.77. The van der Waals surface area contributed by atoms with E-state index in [0.29, 0.717) is 22.9 Å². The summed E-state index contributed by atoms with van der Waals surface area (Å²) in [7, 11) is 0. The normalized spacial score (nSPS) is 10.1. The van der Waals surface area contributed by atoms with Crippen molar-refractivity contribution in [1.29, 1.82) is 0 Å². The van der Waals surface area contributed by atoms with Crippen LogP contribution in [0.4, 0.5) is 10.2 Å². The van der Waals surface area contributed by atoms with Crippen LogP contribution in [0.2, 0.25) is 0 Å². The molecule has 0 saturated carbocycles. The number of hydrogen-bond donors (Lipinski definition) is 1. The molecule has 1 aromatic heterocycles. The molecule has 0 aliphatic heterocycles. The number of rotatable bonds is 2. The molecule has 3 nitrogen and oxygen atoms in total. The maximum absolute atomic E-state index is 13.2. The SMILES string of the molecule is Cc1ccc(Oc2ccnc(N)c2)cc1F. The maximum Gasteiger partial charge on any atom is 0.132 e. The monoisotopic (exact) mass is 218 g/mol. The highest BCUT2D eigenvalue weighted by atomic mass is 19.1. The standard InChI is InChI=1S/C12H11FN2O/c1-8-2-3-9(6-11(8)13)16-10-4-5-15-12(14)7-10/h2-7H,1H3,(H2,14,15). The average Bonchev–Trinajstić information content (AvgIpc) is 2.24. The molecule has 0 spiro atoms. The van der Waals surface area contributed by atoms with Gasteiger partial charge >= 0.3 is 0 Å². The van der Waals surface area contributed by atoms with Crippen molar-refractivity contribution in [3.05, 3.63) is 47.9 Å². The van der Waals surface area contributed by atoms with E-state index in [1.165, 1.54) is 12.3 Å². The van der Waals surface area contributed by atoms with E-state index in [4.69, 9.17) is 10.5 Å². The van der Waals surface area contributed by atoms with Crippen molar-refractivity contribution in [3.8, 4) is 11.5 Å². The van der Waals surface area contributed by atoms with Crippen LogP contribution in [-0.2, 0) is 0 Å². The van der Waals surface area contributed by atoms with E-state index < -0.39 is 0 Å². The Balaban J connectivity index is 2.24. The summed E-state index contributed by atoms with van der Waals surface area (Å²) in [6, 6.07) is 7.95. The molecular formula is C12H11FN2O. The lowest BCUT2D eigenvalue weighted by Gasteiger charge is -2.06. The highest BCUT2D eigenvalue weighted by molar-refractivity contribution is 5.39. The summed E-state index contributed by atoms with van der Waals surface area (Å²) < 4.78 is 18.7. The van der Waals surface area contributed by atoms with E-state index in [1.807, 2.05) is 0 Å². The quantitative estimate of drug-likeness (QED) is 0.843. The van der Waals surface area contributed by atoms with Crippen LogP contribution in [0.1, 0.15) is 5.56 Å². The fraction of sp³-hybridized carbons (Fsp3) is 0.0833. The van der Waals surface area contributed by atoms with Gasteiger partial charge in [0.05, 0.1) is 0 Å². The van der Waals surface area contributed by atoms with Crippen LogP contribution in [0.15, 0.2) is 36.5 Å². The summed E-state index contributed by atoms with van der Waals surface area (Å²) in [5.41, 5.74) is 6.09. The molecule has 1 heterocycles. The zero-order valence-corrected chi connectivity index (χ0v) is 8.77. The first-order chi connectivity index (χ1) is 7.65. The second kappa shape index (κ2) is 4.18. The summed E-state index contributed by atoms with van der Waals surface area (Å²) >= 11 is 0. The van der Waals surface area contributed by atoms with Crippen LogP contribution >= 0.6 is 0 Å². The lowest BCUT2D eigenvalue weighted by Crippen LogP contribution is -1.91. The van der Waals surface area contributed by atoms with Gasteiger partial charge in [0, 0.05) is 18.3 Å². The molecule has 4 heteroatoms. The minimum atomic E-state index is -0.292. The van der Waals surface area contributed by atoms with Crippen LogP contribution in [-0.4, -0.2) is 4.98 Å². The third-order valence-electron chi connectivity index (χ3n) is 2.13. The van der Waals surface area contributed by atoms with Gasteiger partial charge < -0.3 is 10.5 Å². The Labute approximate surface area is 92.7 Å². The first-order valence-electron chi connectivity index (χ1n) is 4.81. The smallest absolute Gasteiger partial charge is 0.132 e. The predicted molar refractivity (Wildman–Crippen MR) is 59.9 cm³/mol. The van der Waals surface area contributed by atoms with Crippen molar-refractivity contribution in [1.82, 2.24) is 4.98 Å². The van der Waals surface area contributed by atoms with Crippen LogP contribution in [0, 0.1) is 12.7 Å². The molecule has 0 atom stereocenters. The summed E-state index contributed by atoms with van der Waals surface area (Å²) in [5, 5.41) is 0. The number of nitrogens with two attached hydrogens (primary N) is 1. The summed E-state index contributed by atoms with van der Waals surface area (Å²) in [6.45, 7) is 1.70. The number of nitrogen functional groups attached to an aromatic ring is 1. The van der Waals surface area contributed by atoms with Crippen LogP contribution in [0.3, 0.4) is 0 Å². The fourth-order valence-electron chi connectivity index (χ4n) is 1.26. The topological polar surface area (TPSA) is 48.1 Å². The highest BCUT2D eigenvalue weighted by Gasteiger charge is 2.02. The molecule has 0 amide bonds. The molecule has 2 rings (SSSR count). The molecule has 0 unspecified atom stereocenters. The molecule has 0 bridgehead atoms. The number of aryl methyl sites for hydroxylation is 1. The molecule has 0 aliphatic rings. The Kier molecular flexibility index (Phi) is 2.72. The minimum Gasteiger partial charge on any atom is -0.457 e. The van der Waals surface area contributed by atoms with Crippen molar-refractivity contribution in [2.75, 3.05) is 5.73 Å². The first-order valence-corrected chi connectivity index (χ1v) is 4.81. The second-order valence-corrected chi connectivity index (χ2v) is 3.43. The number of ether oxygens (including phenoxy) is 1. The number of anilines is 1. The molecule has 1 aromatic carbocycles. The second-order valence-electron chi connectivity index (χ2n) is 3.43. The molecule has 0 aliphatic carbocycles. The van der Waals surface area contributed by atoms with Gasteiger partial charge in [0.1, 0.15) is 23.1 Å². The van der Waals surface area contributed by atoms with Gasteiger partial charge in [-0.25, -0.2) is 9.37 Å². The summed E-state index contributed by atoms with van der Waals surface area (Å²) in [5.74, 6) is 1.05. The van der Waals surface area contributed by atoms with Crippen molar-refractivity contribution in [2.24, 2.45) is 0 Å². The minimum absolute atomic E-state index is 0.292. The zero-order chi connectivity index (χ0) is 11.5. The third-order valence-corrected chi connectivity index (χ3v) is 2.13. The van der Waals surface area contributed by atoms with Gasteiger partial charge in [-0.3, -0.25) is 0 Å². The number of pyridine rings is 1. The van der Waals surface area contributed by atoms with Gasteiger partial charge in [-0.1, -0.05) is 6.07 Å². The van der Waals surface area contributed by atoms with E-state index in [1.54, 1.807) is 31.2 Å². The Bertz CT molecular complexity index is 514. The van der Waals surface area contributed by atoms with Crippen molar-refractivity contribution in [2.45, 2.75) is 6.92 Å². The van der Waals surface area contributed by atoms with E-state index >= 15 is 0 Å². The van der Waals surface area contributed by atoms with E-state index in [2.05, 4.69) is 4.98 Å². The number of hydrogen-bond acceptors (Lipinski definition) is 3. The third kappa shape index (κ3) is 2.28. The Morgan fingerprint density at radius 1 is 1.19 bits per heavy atom. The molecule has 16 heavy (non-hydrogen) atoms. The molecule has 0 saturated heterocycles. The molecule has 2 N–H and O–H groups in total. The molecule has 0 fully saturated rings. The van der Waals surface area contributed by atoms with Gasteiger partial charge in [0.15, 0.2) is 0 Å². The van der Waals surface area contributed by atoms with Crippen LogP contribution in [0.25, 0.3) is 0 Å². The average molecular weight is 218 g/mol. The number of benzene rings is 1. The number of nitrogens with zero attached hydrogens (tertiary/aromatic N) is 1. The lowest BCUT2D eigenvalue weighted by atomic mass is 10.2. The van der Waals surface area contributed by atoms with Crippen LogP contribution < -0.4 is 10.5 Å². The molecule has 0 radical (unpaired) electrons. The van der Waals surface area contributed by atoms with Gasteiger partial charge in [0.25, 0.3) is 0 Å². The van der Waals surface area contributed by atoms with Gasteiger partial charge in [-0.05, 0) is 24.6 Å². The first kappa shape index (κ1) is 10.4. The van der Waals surface area contributed by atoms with E-state index in [9.17, 15) is 4.39 Å². The summed E-state index contributed by atoms with van der Waals surface area (Å²) in [4.78, 5) is 3.84. The molecular weight excluding hydrogens is 207 g/mol.